The Hall–Kier alpha value is -0.340. The largest absolute Gasteiger partial charge is 0.464 e. The van der Waals surface area contributed by atoms with E-state index >= 15 is 0 Å². The van der Waals surface area contributed by atoms with Gasteiger partial charge in [0, 0.05) is 12.8 Å². The fourth-order valence-corrected chi connectivity index (χ4v) is 0.561. The topological polar surface area (TPSA) is 28.2 Å². The smallest absolute Gasteiger partial charge is 0.0831 e. The third kappa shape index (κ3) is 1.01. The molecule has 1 saturated carbocycles. The Bertz CT molecular complexity index is 76.1. The van der Waals surface area contributed by atoms with Gasteiger partial charge in [-0.1, -0.05) is 0 Å². The van der Waals surface area contributed by atoms with Crippen LogP contribution < -0.4 is 5.01 Å². The Morgan fingerprint density at radius 3 is 2.43 bits per heavy atom. The summed E-state index contributed by atoms with van der Waals surface area (Å²) in [6, 6.07) is 0.581. The lowest BCUT2D eigenvalue weighted by atomic mass is 10.7. The zero-order valence-corrected chi connectivity index (χ0v) is 4.28. The Labute approximate surface area is 43.6 Å². The highest BCUT2D eigenvalue weighted by Gasteiger charge is 2.26. The second-order valence-electron chi connectivity index (χ2n) is 1.93. The number of hydrogen-bond acceptors (Lipinski definition) is 0. The van der Waals surface area contributed by atoms with Crippen LogP contribution in [0.2, 0.25) is 0 Å². The van der Waals surface area contributed by atoms with Crippen molar-refractivity contribution in [2.75, 3.05) is 0 Å². The average molecular weight is 98.1 g/mol. The quantitative estimate of drug-likeness (QED) is 0.476. The van der Waals surface area contributed by atoms with E-state index in [2.05, 4.69) is 6.58 Å². The Balaban J connectivity index is 2.22. The van der Waals surface area contributed by atoms with Crippen LogP contribution in [0.25, 0.3) is 5.84 Å². The molecule has 0 radical (unpaired) electrons. The standard InChI is InChI=1S/C5H10N2/c1-2-7(6)5-3-4-5/h2,5-7H,1,3-4H2. The van der Waals surface area contributed by atoms with Crippen LogP contribution in [-0.2, 0) is 0 Å². The van der Waals surface area contributed by atoms with Crippen LogP contribution >= 0.6 is 0 Å². The van der Waals surface area contributed by atoms with Crippen molar-refractivity contribution in [2.45, 2.75) is 18.9 Å². The van der Waals surface area contributed by atoms with E-state index in [0.717, 1.165) is 5.01 Å². The second kappa shape index (κ2) is 1.64. The molecule has 0 bridgehead atoms. The van der Waals surface area contributed by atoms with Crippen molar-refractivity contribution in [3.05, 3.63) is 18.6 Å². The van der Waals surface area contributed by atoms with E-state index < -0.39 is 0 Å². The minimum absolute atomic E-state index is 0.581. The van der Waals surface area contributed by atoms with Crippen LogP contribution in [-0.4, -0.2) is 6.04 Å². The summed E-state index contributed by atoms with van der Waals surface area (Å²) in [5.41, 5.74) is 0. The molecule has 7 heavy (non-hydrogen) atoms. The lowest BCUT2D eigenvalue weighted by molar-refractivity contribution is -0.803. The maximum Gasteiger partial charge on any atom is 0.0831 e. The highest BCUT2D eigenvalue weighted by molar-refractivity contribution is 4.73. The van der Waals surface area contributed by atoms with Crippen molar-refractivity contribution in [1.82, 2.24) is 0 Å². The van der Waals surface area contributed by atoms with E-state index in [4.69, 9.17) is 5.84 Å². The van der Waals surface area contributed by atoms with E-state index in [1.165, 1.54) is 12.8 Å². The molecule has 1 unspecified atom stereocenters. The van der Waals surface area contributed by atoms with Crippen LogP contribution in [0.3, 0.4) is 0 Å². The first kappa shape index (κ1) is 4.81. The van der Waals surface area contributed by atoms with Crippen molar-refractivity contribution in [3.8, 4) is 0 Å². The van der Waals surface area contributed by atoms with Gasteiger partial charge in [0.25, 0.3) is 0 Å². The molecule has 2 heteroatoms. The molecule has 0 aromatic heterocycles. The lowest BCUT2D eigenvalue weighted by Gasteiger charge is -2.12. The molecule has 40 valence electrons. The Morgan fingerprint density at radius 1 is 1.71 bits per heavy atom. The van der Waals surface area contributed by atoms with Gasteiger partial charge >= 0.3 is 0 Å². The summed E-state index contributed by atoms with van der Waals surface area (Å²) < 4.78 is 0. The predicted octanol–water partition coefficient (Wildman–Crippen LogP) is 0.144. The number of nitrogens with one attached hydrogen (secondary N) is 2. The SMILES string of the molecule is C=C[NH+]([NH-])C1CC1. The van der Waals surface area contributed by atoms with Gasteiger partial charge < -0.3 is 10.9 Å². The molecule has 2 nitrogen and oxygen atoms in total. The molecule has 1 aliphatic rings. The van der Waals surface area contributed by atoms with Gasteiger partial charge in [-0.2, -0.15) is 0 Å². The molecule has 0 heterocycles. The molecule has 0 aromatic carbocycles. The molecule has 1 rings (SSSR count). The van der Waals surface area contributed by atoms with Gasteiger partial charge in [0.15, 0.2) is 0 Å². The summed E-state index contributed by atoms with van der Waals surface area (Å²) in [5, 5.41) is 0.722. The summed E-state index contributed by atoms with van der Waals surface area (Å²) >= 11 is 0. The van der Waals surface area contributed by atoms with Crippen LogP contribution in [0.5, 0.6) is 0 Å². The molecule has 0 aliphatic heterocycles. The fourth-order valence-electron chi connectivity index (χ4n) is 0.561. The van der Waals surface area contributed by atoms with Crippen LogP contribution in [0, 0.1) is 0 Å². The zero-order chi connectivity index (χ0) is 5.28. The minimum Gasteiger partial charge on any atom is -0.464 e. The average Bonchev–Trinajstić information content (AvgIpc) is 2.44. The third-order valence-corrected chi connectivity index (χ3v) is 1.24. The summed E-state index contributed by atoms with van der Waals surface area (Å²) in [6.45, 7) is 3.50. The molecular weight excluding hydrogens is 88.1 g/mol. The van der Waals surface area contributed by atoms with Gasteiger partial charge in [-0.3, -0.25) is 0 Å². The van der Waals surface area contributed by atoms with E-state index in [9.17, 15) is 0 Å². The number of hydrogen-bond donors (Lipinski definition) is 1. The van der Waals surface area contributed by atoms with E-state index in [0.29, 0.717) is 6.04 Å². The van der Waals surface area contributed by atoms with Crippen LogP contribution in [0.1, 0.15) is 12.8 Å². The summed E-state index contributed by atoms with van der Waals surface area (Å²) in [7, 11) is 0. The van der Waals surface area contributed by atoms with Gasteiger partial charge in [0.05, 0.1) is 12.2 Å². The maximum absolute atomic E-state index is 7.14. The third-order valence-electron chi connectivity index (χ3n) is 1.24. The number of rotatable bonds is 2. The molecule has 1 fully saturated rings. The highest BCUT2D eigenvalue weighted by Crippen LogP contribution is 2.14. The first-order valence-corrected chi connectivity index (χ1v) is 2.55. The lowest BCUT2D eigenvalue weighted by Crippen LogP contribution is -3.01. The zero-order valence-electron chi connectivity index (χ0n) is 4.28. The number of quaternary nitrogens is 1. The van der Waals surface area contributed by atoms with Crippen molar-refractivity contribution in [1.29, 1.82) is 0 Å². The molecule has 2 N–H and O–H groups in total. The van der Waals surface area contributed by atoms with Crippen molar-refractivity contribution >= 4 is 0 Å². The fraction of sp³-hybridized carbons (Fsp3) is 0.600. The first-order chi connectivity index (χ1) is 3.34. The molecule has 0 aromatic rings. The van der Waals surface area contributed by atoms with Crippen molar-refractivity contribution < 1.29 is 5.01 Å². The summed E-state index contributed by atoms with van der Waals surface area (Å²) in [5.74, 6) is 7.14. The predicted molar refractivity (Wildman–Crippen MR) is 28.5 cm³/mol. The Morgan fingerprint density at radius 2 is 2.29 bits per heavy atom. The maximum atomic E-state index is 7.14. The monoisotopic (exact) mass is 98.1 g/mol. The Kier molecular flexibility index (Phi) is 1.13. The summed E-state index contributed by atoms with van der Waals surface area (Å²) in [4.78, 5) is 0. The molecule has 1 atom stereocenters. The van der Waals surface area contributed by atoms with Gasteiger partial charge in [0.1, 0.15) is 0 Å². The molecule has 0 saturated heterocycles. The van der Waals surface area contributed by atoms with Crippen LogP contribution in [0.4, 0.5) is 0 Å². The van der Waals surface area contributed by atoms with Crippen molar-refractivity contribution in [3.63, 3.8) is 0 Å². The molecule has 0 spiro atoms. The van der Waals surface area contributed by atoms with Gasteiger partial charge in [-0.05, 0) is 6.58 Å². The first-order valence-electron chi connectivity index (χ1n) is 2.55. The minimum atomic E-state index is 0.581. The molecule has 1 aliphatic carbocycles. The molecule has 0 amide bonds. The van der Waals surface area contributed by atoms with Crippen LogP contribution in [0.15, 0.2) is 12.8 Å². The van der Waals surface area contributed by atoms with Gasteiger partial charge in [0.2, 0.25) is 0 Å². The van der Waals surface area contributed by atoms with E-state index in [-0.39, 0.29) is 0 Å². The van der Waals surface area contributed by atoms with Gasteiger partial charge in [-0.25, -0.2) is 0 Å². The summed E-state index contributed by atoms with van der Waals surface area (Å²) in [6.07, 6.45) is 4.06. The molecular formula is C5H10N2. The highest BCUT2D eigenvalue weighted by atomic mass is 15.4. The van der Waals surface area contributed by atoms with Gasteiger partial charge in [-0.15, -0.1) is 0 Å². The van der Waals surface area contributed by atoms with Crippen molar-refractivity contribution in [2.24, 2.45) is 0 Å². The van der Waals surface area contributed by atoms with E-state index in [1.54, 1.807) is 6.20 Å². The normalized spacial score (nSPS) is 24.1. The second-order valence-corrected chi connectivity index (χ2v) is 1.93. The van der Waals surface area contributed by atoms with E-state index in [1.807, 2.05) is 0 Å².